The van der Waals surface area contributed by atoms with Gasteiger partial charge < -0.3 is 14.9 Å². The predicted molar refractivity (Wildman–Crippen MR) is 116 cm³/mol. The molecule has 0 aliphatic heterocycles. The lowest BCUT2D eigenvalue weighted by molar-refractivity contribution is -0.0663. The lowest BCUT2D eigenvalue weighted by Crippen LogP contribution is -2.40. The summed E-state index contributed by atoms with van der Waals surface area (Å²) in [7, 11) is -3.41. The van der Waals surface area contributed by atoms with E-state index in [0.717, 1.165) is 17.0 Å². The maximum atomic E-state index is 13.7. The van der Waals surface area contributed by atoms with E-state index in [9.17, 15) is 27.8 Å². The fourth-order valence-corrected chi connectivity index (χ4v) is 3.45. The van der Waals surface area contributed by atoms with Crippen LogP contribution in [0, 0.1) is 5.82 Å². The van der Waals surface area contributed by atoms with Crippen molar-refractivity contribution in [3.05, 3.63) is 70.9 Å². The van der Waals surface area contributed by atoms with Crippen molar-refractivity contribution in [2.75, 3.05) is 12.9 Å². The van der Waals surface area contributed by atoms with Gasteiger partial charge in [-0.15, -0.1) is 0 Å². The number of aliphatic hydroxyl groups is 2. The first-order valence-corrected chi connectivity index (χ1v) is 11.5. The van der Waals surface area contributed by atoms with Crippen LogP contribution in [0.4, 0.5) is 4.39 Å². The third kappa shape index (κ3) is 5.21. The second-order valence-corrected chi connectivity index (χ2v) is 9.88. The Bertz CT molecular complexity index is 1280. The van der Waals surface area contributed by atoms with E-state index in [2.05, 4.69) is 5.10 Å². The Morgan fingerprint density at radius 3 is 2.41 bits per heavy atom. The molecule has 2 N–H and O–H groups in total. The SMILES string of the molecule is CC(C)(O)C(O)COc1c(-c2ccc(S(C)(=O)=O)cc2)cnn(-c2cccc(F)c2)c1=O. The van der Waals surface area contributed by atoms with Crippen molar-refractivity contribution in [1.29, 1.82) is 0 Å². The molecule has 170 valence electrons. The first-order valence-electron chi connectivity index (χ1n) is 9.60. The summed E-state index contributed by atoms with van der Waals surface area (Å²) in [6.07, 6.45) is 1.10. The zero-order chi connectivity index (χ0) is 23.7. The van der Waals surface area contributed by atoms with Gasteiger partial charge in [-0.1, -0.05) is 18.2 Å². The van der Waals surface area contributed by atoms with Crippen molar-refractivity contribution in [2.24, 2.45) is 0 Å². The van der Waals surface area contributed by atoms with E-state index < -0.39 is 39.5 Å². The number of hydrogen-bond acceptors (Lipinski definition) is 7. The van der Waals surface area contributed by atoms with Crippen LogP contribution in [-0.2, 0) is 9.84 Å². The second-order valence-electron chi connectivity index (χ2n) is 7.86. The van der Waals surface area contributed by atoms with Crippen LogP contribution in [0.15, 0.2) is 64.4 Å². The number of benzene rings is 2. The highest BCUT2D eigenvalue weighted by Gasteiger charge is 2.26. The van der Waals surface area contributed by atoms with Crippen LogP contribution in [0.3, 0.4) is 0 Å². The normalized spacial score (nSPS) is 13.1. The quantitative estimate of drug-likeness (QED) is 0.551. The molecule has 2 aromatic carbocycles. The van der Waals surface area contributed by atoms with Crippen molar-refractivity contribution in [2.45, 2.75) is 30.4 Å². The standard InChI is InChI=1S/C22H23FN2O6S/c1-22(2,28)19(26)13-31-20-18(14-7-9-17(10-8-14)32(3,29)30)12-24-25(21(20)27)16-6-4-5-15(23)11-16/h4-12,19,26,28H,13H2,1-3H3. The summed E-state index contributed by atoms with van der Waals surface area (Å²) in [6.45, 7) is 2.38. The average molecular weight is 462 g/mol. The molecule has 0 saturated heterocycles. The lowest BCUT2D eigenvalue weighted by atomic mass is 10.0. The van der Waals surface area contributed by atoms with Gasteiger partial charge in [-0.05, 0) is 49.7 Å². The number of hydrogen-bond donors (Lipinski definition) is 2. The number of nitrogens with zero attached hydrogens (tertiary/aromatic N) is 2. The average Bonchev–Trinajstić information content (AvgIpc) is 2.71. The monoisotopic (exact) mass is 462 g/mol. The number of ether oxygens (including phenoxy) is 1. The highest BCUT2D eigenvalue weighted by atomic mass is 32.2. The summed E-state index contributed by atoms with van der Waals surface area (Å²) in [5, 5.41) is 24.2. The van der Waals surface area contributed by atoms with Crippen molar-refractivity contribution in [3.8, 4) is 22.6 Å². The fraction of sp³-hybridized carbons (Fsp3) is 0.273. The Balaban J connectivity index is 2.12. The van der Waals surface area contributed by atoms with E-state index in [0.29, 0.717) is 5.56 Å². The third-order valence-corrected chi connectivity index (χ3v) is 5.91. The zero-order valence-corrected chi connectivity index (χ0v) is 18.5. The van der Waals surface area contributed by atoms with Crippen LogP contribution in [-0.4, -0.2) is 53.0 Å². The molecule has 0 spiro atoms. The minimum atomic E-state index is -3.41. The topological polar surface area (TPSA) is 119 Å². The van der Waals surface area contributed by atoms with Gasteiger partial charge in [-0.2, -0.15) is 9.78 Å². The Labute approximate surface area is 184 Å². The summed E-state index contributed by atoms with van der Waals surface area (Å²) in [4.78, 5) is 13.3. The third-order valence-electron chi connectivity index (χ3n) is 4.78. The first-order chi connectivity index (χ1) is 14.9. The van der Waals surface area contributed by atoms with Gasteiger partial charge in [0.25, 0.3) is 0 Å². The molecule has 0 fully saturated rings. The Morgan fingerprint density at radius 1 is 1.19 bits per heavy atom. The van der Waals surface area contributed by atoms with E-state index in [4.69, 9.17) is 4.74 Å². The zero-order valence-electron chi connectivity index (χ0n) is 17.7. The minimum Gasteiger partial charge on any atom is -0.484 e. The number of aliphatic hydroxyl groups excluding tert-OH is 1. The molecule has 0 aliphatic carbocycles. The number of aromatic nitrogens is 2. The van der Waals surface area contributed by atoms with Crippen molar-refractivity contribution >= 4 is 9.84 Å². The molecular weight excluding hydrogens is 439 g/mol. The molecule has 0 saturated carbocycles. The van der Waals surface area contributed by atoms with Crippen molar-refractivity contribution in [1.82, 2.24) is 9.78 Å². The van der Waals surface area contributed by atoms with Gasteiger partial charge in [0, 0.05) is 11.8 Å². The molecule has 0 amide bonds. The second kappa shape index (κ2) is 8.81. The molecule has 3 aromatic rings. The molecule has 0 bridgehead atoms. The molecule has 10 heteroatoms. The Morgan fingerprint density at radius 2 is 1.84 bits per heavy atom. The summed E-state index contributed by atoms with van der Waals surface area (Å²) in [6, 6.07) is 11.0. The molecule has 0 radical (unpaired) electrons. The number of rotatable bonds is 7. The maximum Gasteiger partial charge on any atom is 0.314 e. The van der Waals surface area contributed by atoms with E-state index in [-0.39, 0.29) is 21.9 Å². The van der Waals surface area contributed by atoms with Gasteiger partial charge in [0.1, 0.15) is 18.5 Å². The summed E-state index contributed by atoms with van der Waals surface area (Å²) in [5.41, 5.74) is -1.34. The van der Waals surface area contributed by atoms with Gasteiger partial charge in [-0.25, -0.2) is 12.8 Å². The highest BCUT2D eigenvalue weighted by molar-refractivity contribution is 7.90. The van der Waals surface area contributed by atoms with E-state index in [1.807, 2.05) is 0 Å². The molecule has 32 heavy (non-hydrogen) atoms. The van der Waals surface area contributed by atoms with Crippen LogP contribution in [0.25, 0.3) is 16.8 Å². The molecule has 1 unspecified atom stereocenters. The predicted octanol–water partition coefficient (Wildman–Crippen LogP) is 1.95. The van der Waals surface area contributed by atoms with Crippen LogP contribution in [0.2, 0.25) is 0 Å². The molecule has 8 nitrogen and oxygen atoms in total. The van der Waals surface area contributed by atoms with Crippen molar-refractivity contribution in [3.63, 3.8) is 0 Å². The number of halogens is 1. The minimum absolute atomic E-state index is 0.0993. The van der Waals surface area contributed by atoms with Gasteiger partial charge in [-0.3, -0.25) is 4.79 Å². The Kier molecular flexibility index (Phi) is 6.49. The smallest absolute Gasteiger partial charge is 0.314 e. The van der Waals surface area contributed by atoms with Gasteiger partial charge >= 0.3 is 5.56 Å². The molecular formula is C22H23FN2O6S. The Hall–Kier alpha value is -3.08. The van der Waals surface area contributed by atoms with Gasteiger partial charge in [0.15, 0.2) is 15.6 Å². The molecule has 0 aliphatic rings. The maximum absolute atomic E-state index is 13.7. The molecule has 1 heterocycles. The molecule has 3 rings (SSSR count). The van der Waals surface area contributed by atoms with E-state index in [1.165, 1.54) is 62.5 Å². The van der Waals surface area contributed by atoms with Gasteiger partial charge in [0.05, 0.1) is 22.4 Å². The van der Waals surface area contributed by atoms with Gasteiger partial charge in [0.2, 0.25) is 0 Å². The summed E-state index contributed by atoms with van der Waals surface area (Å²) in [5.74, 6) is -0.753. The number of sulfone groups is 1. The molecule has 1 aromatic heterocycles. The van der Waals surface area contributed by atoms with E-state index >= 15 is 0 Å². The fourth-order valence-electron chi connectivity index (χ4n) is 2.82. The van der Waals surface area contributed by atoms with Crippen molar-refractivity contribution < 1.29 is 27.8 Å². The van der Waals surface area contributed by atoms with Crippen LogP contribution >= 0.6 is 0 Å². The summed E-state index contributed by atoms with van der Waals surface area (Å²) < 4.78 is 43.7. The highest BCUT2D eigenvalue weighted by Crippen LogP contribution is 2.28. The lowest BCUT2D eigenvalue weighted by Gasteiger charge is -2.24. The molecule has 1 atom stereocenters. The largest absolute Gasteiger partial charge is 0.484 e. The summed E-state index contributed by atoms with van der Waals surface area (Å²) >= 11 is 0. The van der Waals surface area contributed by atoms with E-state index in [1.54, 1.807) is 0 Å². The van der Waals surface area contributed by atoms with Crippen LogP contribution < -0.4 is 10.3 Å². The first kappa shape index (κ1) is 23.6. The van der Waals surface area contributed by atoms with Crippen LogP contribution in [0.5, 0.6) is 5.75 Å². The van der Waals surface area contributed by atoms with Crippen LogP contribution in [0.1, 0.15) is 13.8 Å².